The highest BCUT2D eigenvalue weighted by Crippen LogP contribution is 2.18. The average molecular weight is 249 g/mol. The lowest BCUT2D eigenvalue weighted by Crippen LogP contribution is -2.56. The largest absolute Gasteiger partial charge is 0.456 e. The van der Waals surface area contributed by atoms with Gasteiger partial charge >= 0.3 is 5.97 Å². The lowest BCUT2D eigenvalue weighted by atomic mass is 10.1. The molecule has 2 rings (SSSR count). The van der Waals surface area contributed by atoms with E-state index in [0.29, 0.717) is 5.56 Å². The molecule has 98 valence electrons. The predicted octanol–water partition coefficient (Wildman–Crippen LogP) is 1.18. The Labute approximate surface area is 107 Å². The zero-order valence-corrected chi connectivity index (χ0v) is 11.0. The second-order valence-electron chi connectivity index (χ2n) is 5.57. The van der Waals surface area contributed by atoms with Gasteiger partial charge in [-0.25, -0.2) is 9.78 Å². The molecule has 0 bridgehead atoms. The number of anilines is 1. The molecular weight excluding hydrogens is 230 g/mol. The number of nitrogens with two attached hydrogens (primary N) is 1. The molecule has 0 unspecified atom stereocenters. The highest BCUT2D eigenvalue weighted by Gasteiger charge is 2.24. The SMILES string of the molecule is CC(C)(C)OC(=O)c1ccc(N2CC(N)C2)nc1. The molecular formula is C13H19N3O2. The number of nitrogens with zero attached hydrogens (tertiary/aromatic N) is 2. The van der Waals surface area contributed by atoms with Gasteiger partial charge in [-0.15, -0.1) is 0 Å². The Balaban J connectivity index is 2.01. The van der Waals surface area contributed by atoms with Gasteiger partial charge in [0.15, 0.2) is 0 Å². The van der Waals surface area contributed by atoms with E-state index >= 15 is 0 Å². The van der Waals surface area contributed by atoms with Crippen molar-refractivity contribution in [2.24, 2.45) is 5.73 Å². The maximum absolute atomic E-state index is 11.8. The summed E-state index contributed by atoms with van der Waals surface area (Å²) in [5.74, 6) is 0.505. The molecule has 1 aliphatic heterocycles. The summed E-state index contributed by atoms with van der Waals surface area (Å²) in [6.45, 7) is 7.16. The first kappa shape index (κ1) is 12.8. The molecule has 1 aromatic rings. The summed E-state index contributed by atoms with van der Waals surface area (Å²) in [7, 11) is 0. The fraction of sp³-hybridized carbons (Fsp3) is 0.538. The second kappa shape index (κ2) is 4.57. The number of rotatable bonds is 2. The summed E-state index contributed by atoms with van der Waals surface area (Å²) in [4.78, 5) is 18.1. The van der Waals surface area contributed by atoms with Crippen LogP contribution < -0.4 is 10.6 Å². The van der Waals surface area contributed by atoms with Crippen LogP contribution in [0.1, 0.15) is 31.1 Å². The lowest BCUT2D eigenvalue weighted by Gasteiger charge is -2.37. The van der Waals surface area contributed by atoms with Crippen LogP contribution in [-0.4, -0.2) is 35.7 Å². The predicted molar refractivity (Wildman–Crippen MR) is 69.6 cm³/mol. The number of aromatic nitrogens is 1. The van der Waals surface area contributed by atoms with Crippen LogP contribution in [0.5, 0.6) is 0 Å². The zero-order valence-electron chi connectivity index (χ0n) is 11.0. The number of hydrogen-bond donors (Lipinski definition) is 1. The van der Waals surface area contributed by atoms with E-state index in [1.807, 2.05) is 26.8 Å². The molecule has 1 saturated heterocycles. The standard InChI is InChI=1S/C13H19N3O2/c1-13(2,3)18-12(17)9-4-5-11(15-6-9)16-7-10(14)8-16/h4-6,10H,7-8,14H2,1-3H3. The minimum absolute atomic E-state index is 0.234. The molecule has 2 heterocycles. The van der Waals surface area contributed by atoms with Gasteiger partial charge in [0.05, 0.1) is 5.56 Å². The molecule has 5 nitrogen and oxygen atoms in total. The van der Waals surface area contributed by atoms with E-state index in [1.165, 1.54) is 0 Å². The molecule has 1 fully saturated rings. The number of carbonyl (C=O) groups is 1. The van der Waals surface area contributed by atoms with Crippen molar-refractivity contribution in [2.45, 2.75) is 32.4 Å². The van der Waals surface area contributed by atoms with Crippen molar-refractivity contribution in [1.29, 1.82) is 0 Å². The number of esters is 1. The summed E-state index contributed by atoms with van der Waals surface area (Å²) in [6.07, 6.45) is 1.55. The van der Waals surface area contributed by atoms with E-state index < -0.39 is 5.60 Å². The summed E-state index contributed by atoms with van der Waals surface area (Å²) < 4.78 is 5.27. The van der Waals surface area contributed by atoms with Crippen LogP contribution in [0.2, 0.25) is 0 Å². The Morgan fingerprint density at radius 3 is 2.56 bits per heavy atom. The first-order chi connectivity index (χ1) is 8.35. The van der Waals surface area contributed by atoms with Crippen LogP contribution in [0, 0.1) is 0 Å². The molecule has 5 heteroatoms. The Morgan fingerprint density at radius 2 is 2.11 bits per heavy atom. The van der Waals surface area contributed by atoms with E-state index in [9.17, 15) is 4.79 Å². The van der Waals surface area contributed by atoms with Crippen molar-refractivity contribution in [3.05, 3.63) is 23.9 Å². The monoisotopic (exact) mass is 249 g/mol. The molecule has 18 heavy (non-hydrogen) atoms. The smallest absolute Gasteiger partial charge is 0.340 e. The van der Waals surface area contributed by atoms with Gasteiger partial charge in [0.25, 0.3) is 0 Å². The summed E-state index contributed by atoms with van der Waals surface area (Å²) in [5.41, 5.74) is 5.69. The van der Waals surface area contributed by atoms with Crippen LogP contribution in [-0.2, 0) is 4.74 Å². The van der Waals surface area contributed by atoms with Crippen LogP contribution in [0.3, 0.4) is 0 Å². The molecule has 0 saturated carbocycles. The summed E-state index contributed by atoms with van der Waals surface area (Å²) in [6, 6.07) is 3.79. The van der Waals surface area contributed by atoms with E-state index in [2.05, 4.69) is 9.88 Å². The van der Waals surface area contributed by atoms with Crippen molar-refractivity contribution in [1.82, 2.24) is 4.98 Å². The molecule has 0 aromatic carbocycles. The molecule has 0 amide bonds. The Morgan fingerprint density at radius 1 is 1.44 bits per heavy atom. The van der Waals surface area contributed by atoms with Crippen molar-refractivity contribution in [3.63, 3.8) is 0 Å². The topological polar surface area (TPSA) is 68.5 Å². The van der Waals surface area contributed by atoms with Gasteiger partial charge < -0.3 is 15.4 Å². The first-order valence-corrected chi connectivity index (χ1v) is 6.05. The number of pyridine rings is 1. The minimum atomic E-state index is -0.486. The number of carbonyl (C=O) groups excluding carboxylic acids is 1. The highest BCUT2D eigenvalue weighted by atomic mass is 16.6. The highest BCUT2D eigenvalue weighted by molar-refractivity contribution is 5.89. The zero-order chi connectivity index (χ0) is 13.3. The maximum Gasteiger partial charge on any atom is 0.340 e. The third kappa shape index (κ3) is 2.98. The van der Waals surface area contributed by atoms with Crippen LogP contribution in [0.4, 0.5) is 5.82 Å². The Kier molecular flexibility index (Phi) is 3.26. The summed E-state index contributed by atoms with van der Waals surface area (Å²) in [5, 5.41) is 0. The van der Waals surface area contributed by atoms with Gasteiger partial charge in [0, 0.05) is 25.3 Å². The van der Waals surface area contributed by atoms with E-state index in [4.69, 9.17) is 10.5 Å². The van der Waals surface area contributed by atoms with Crippen LogP contribution in [0.25, 0.3) is 0 Å². The minimum Gasteiger partial charge on any atom is -0.456 e. The van der Waals surface area contributed by atoms with Crippen LogP contribution >= 0.6 is 0 Å². The maximum atomic E-state index is 11.8. The molecule has 1 aromatic heterocycles. The third-order valence-electron chi connectivity index (χ3n) is 2.62. The molecule has 0 aliphatic carbocycles. The fourth-order valence-corrected chi connectivity index (χ4v) is 1.73. The van der Waals surface area contributed by atoms with Crippen LogP contribution in [0.15, 0.2) is 18.3 Å². The molecule has 0 spiro atoms. The quantitative estimate of drug-likeness (QED) is 0.797. The van der Waals surface area contributed by atoms with E-state index in [0.717, 1.165) is 18.9 Å². The Hall–Kier alpha value is -1.62. The van der Waals surface area contributed by atoms with Gasteiger partial charge in [-0.1, -0.05) is 0 Å². The van der Waals surface area contributed by atoms with Gasteiger partial charge in [0.1, 0.15) is 11.4 Å². The second-order valence-corrected chi connectivity index (χ2v) is 5.57. The molecule has 0 atom stereocenters. The molecule has 2 N–H and O–H groups in total. The van der Waals surface area contributed by atoms with Crippen molar-refractivity contribution in [2.75, 3.05) is 18.0 Å². The van der Waals surface area contributed by atoms with Gasteiger partial charge in [0.2, 0.25) is 0 Å². The third-order valence-corrected chi connectivity index (χ3v) is 2.62. The van der Waals surface area contributed by atoms with E-state index in [1.54, 1.807) is 12.3 Å². The number of hydrogen-bond acceptors (Lipinski definition) is 5. The Bertz CT molecular complexity index is 431. The van der Waals surface area contributed by atoms with Crippen molar-refractivity contribution >= 4 is 11.8 Å². The van der Waals surface area contributed by atoms with Gasteiger partial charge in [-0.2, -0.15) is 0 Å². The van der Waals surface area contributed by atoms with E-state index in [-0.39, 0.29) is 12.0 Å². The molecule has 1 aliphatic rings. The van der Waals surface area contributed by atoms with Crippen molar-refractivity contribution in [3.8, 4) is 0 Å². The first-order valence-electron chi connectivity index (χ1n) is 6.05. The molecule has 0 radical (unpaired) electrons. The van der Waals surface area contributed by atoms with Gasteiger partial charge in [-0.05, 0) is 32.9 Å². The fourth-order valence-electron chi connectivity index (χ4n) is 1.73. The normalized spacial score (nSPS) is 16.3. The van der Waals surface area contributed by atoms with Crippen molar-refractivity contribution < 1.29 is 9.53 Å². The lowest BCUT2D eigenvalue weighted by molar-refractivity contribution is 0.00691. The summed E-state index contributed by atoms with van der Waals surface area (Å²) >= 11 is 0. The average Bonchev–Trinajstić information content (AvgIpc) is 2.23. The number of ether oxygens (including phenoxy) is 1. The van der Waals surface area contributed by atoms with Gasteiger partial charge in [-0.3, -0.25) is 0 Å².